The zero-order chi connectivity index (χ0) is 13.0. The van der Waals surface area contributed by atoms with Gasteiger partial charge in [-0.1, -0.05) is 12.1 Å². The van der Waals surface area contributed by atoms with Gasteiger partial charge in [-0.25, -0.2) is 4.98 Å². The fraction of sp³-hybridized carbons (Fsp3) is 0.357. The van der Waals surface area contributed by atoms with Gasteiger partial charge in [0.25, 0.3) is 0 Å². The third-order valence-electron chi connectivity index (χ3n) is 2.89. The number of thiol groups is 1. The van der Waals surface area contributed by atoms with E-state index in [2.05, 4.69) is 37.5 Å². The van der Waals surface area contributed by atoms with Crippen LogP contribution in [0.3, 0.4) is 0 Å². The van der Waals surface area contributed by atoms with Crippen LogP contribution in [0.4, 0.5) is 0 Å². The summed E-state index contributed by atoms with van der Waals surface area (Å²) in [6, 6.07) is 6.14. The van der Waals surface area contributed by atoms with Crippen molar-refractivity contribution < 1.29 is 4.74 Å². The van der Waals surface area contributed by atoms with Crippen molar-refractivity contribution in [2.75, 3.05) is 6.61 Å². The third-order valence-corrected chi connectivity index (χ3v) is 4.50. The highest BCUT2D eigenvalue weighted by Gasteiger charge is 2.04. The van der Waals surface area contributed by atoms with E-state index in [1.165, 1.54) is 16.0 Å². The first-order valence-electron chi connectivity index (χ1n) is 5.94. The topological polar surface area (TPSA) is 22.1 Å². The number of hydrogen-bond acceptors (Lipinski definition) is 4. The summed E-state index contributed by atoms with van der Waals surface area (Å²) in [5, 5.41) is 1.12. The van der Waals surface area contributed by atoms with E-state index in [4.69, 9.17) is 4.74 Å². The van der Waals surface area contributed by atoms with E-state index in [1.54, 1.807) is 11.3 Å². The standard InChI is InChI=1S/C14H17NOS2/c1-10-4-3-5-13(11(10)2)16-7-6-14-15-8-12(9-17)18-14/h3-5,8,17H,6-7,9H2,1-2H3. The van der Waals surface area contributed by atoms with Crippen molar-refractivity contribution in [1.29, 1.82) is 0 Å². The summed E-state index contributed by atoms with van der Waals surface area (Å²) in [5.74, 6) is 1.73. The predicted octanol–water partition coefficient (Wildman–Crippen LogP) is 3.81. The van der Waals surface area contributed by atoms with Gasteiger partial charge in [0, 0.05) is 23.2 Å². The molecule has 0 radical (unpaired) electrons. The molecule has 1 heterocycles. The smallest absolute Gasteiger partial charge is 0.122 e. The largest absolute Gasteiger partial charge is 0.493 e. The monoisotopic (exact) mass is 279 g/mol. The molecule has 0 aliphatic rings. The van der Waals surface area contributed by atoms with E-state index < -0.39 is 0 Å². The summed E-state index contributed by atoms with van der Waals surface area (Å²) in [7, 11) is 0. The summed E-state index contributed by atoms with van der Waals surface area (Å²) < 4.78 is 5.81. The van der Waals surface area contributed by atoms with Gasteiger partial charge >= 0.3 is 0 Å². The third kappa shape index (κ3) is 3.27. The highest BCUT2D eigenvalue weighted by molar-refractivity contribution is 7.79. The van der Waals surface area contributed by atoms with Crippen molar-refractivity contribution in [3.63, 3.8) is 0 Å². The zero-order valence-corrected chi connectivity index (χ0v) is 12.4. The van der Waals surface area contributed by atoms with Crippen molar-refractivity contribution in [2.24, 2.45) is 0 Å². The molecule has 0 aliphatic carbocycles. The normalized spacial score (nSPS) is 10.6. The summed E-state index contributed by atoms with van der Waals surface area (Å²) in [6.07, 6.45) is 2.75. The van der Waals surface area contributed by atoms with Crippen molar-refractivity contribution >= 4 is 24.0 Å². The zero-order valence-electron chi connectivity index (χ0n) is 10.6. The first-order valence-corrected chi connectivity index (χ1v) is 7.39. The van der Waals surface area contributed by atoms with Crippen molar-refractivity contribution in [2.45, 2.75) is 26.0 Å². The number of nitrogens with zero attached hydrogens (tertiary/aromatic N) is 1. The molecule has 2 aromatic rings. The number of hydrogen-bond donors (Lipinski definition) is 1. The van der Waals surface area contributed by atoms with Crippen LogP contribution in [-0.2, 0) is 12.2 Å². The fourth-order valence-electron chi connectivity index (χ4n) is 1.67. The molecular formula is C14H17NOS2. The van der Waals surface area contributed by atoms with Gasteiger partial charge in [0.1, 0.15) is 5.75 Å². The van der Waals surface area contributed by atoms with E-state index in [0.29, 0.717) is 6.61 Å². The highest BCUT2D eigenvalue weighted by Crippen LogP contribution is 2.21. The lowest BCUT2D eigenvalue weighted by molar-refractivity contribution is 0.319. The second-order valence-corrected chi connectivity index (χ2v) is 5.69. The Kier molecular flexibility index (Phi) is 4.66. The summed E-state index contributed by atoms with van der Waals surface area (Å²) in [5.41, 5.74) is 2.48. The highest BCUT2D eigenvalue weighted by atomic mass is 32.1. The van der Waals surface area contributed by atoms with Gasteiger partial charge in [0.2, 0.25) is 0 Å². The molecular weight excluding hydrogens is 262 g/mol. The Morgan fingerprint density at radius 1 is 1.33 bits per heavy atom. The molecule has 1 aromatic heterocycles. The van der Waals surface area contributed by atoms with E-state index in [9.17, 15) is 0 Å². The number of benzene rings is 1. The number of rotatable bonds is 5. The van der Waals surface area contributed by atoms with Crippen LogP contribution in [0.2, 0.25) is 0 Å². The molecule has 96 valence electrons. The van der Waals surface area contributed by atoms with E-state index in [1.807, 2.05) is 18.3 Å². The van der Waals surface area contributed by atoms with Gasteiger partial charge in [0.15, 0.2) is 0 Å². The molecule has 0 saturated carbocycles. The molecule has 2 nitrogen and oxygen atoms in total. The number of aryl methyl sites for hydroxylation is 1. The maximum Gasteiger partial charge on any atom is 0.122 e. The Labute approximate surface area is 117 Å². The molecule has 0 fully saturated rings. The van der Waals surface area contributed by atoms with Crippen molar-refractivity contribution in [1.82, 2.24) is 4.98 Å². The molecule has 0 bridgehead atoms. The number of ether oxygens (including phenoxy) is 1. The van der Waals surface area contributed by atoms with Crippen molar-refractivity contribution in [3.8, 4) is 5.75 Å². The molecule has 0 unspecified atom stereocenters. The van der Waals surface area contributed by atoms with Crippen LogP contribution in [-0.4, -0.2) is 11.6 Å². The summed E-state index contributed by atoms with van der Waals surface area (Å²) in [4.78, 5) is 5.56. The van der Waals surface area contributed by atoms with Crippen LogP contribution in [0.15, 0.2) is 24.4 Å². The Morgan fingerprint density at radius 2 is 2.17 bits per heavy atom. The molecule has 0 aliphatic heterocycles. The average Bonchev–Trinajstić information content (AvgIpc) is 2.82. The molecule has 0 N–H and O–H groups in total. The Morgan fingerprint density at radius 3 is 2.89 bits per heavy atom. The molecule has 1 aromatic carbocycles. The van der Waals surface area contributed by atoms with Crippen LogP contribution in [0.5, 0.6) is 5.75 Å². The molecule has 2 rings (SSSR count). The van der Waals surface area contributed by atoms with Gasteiger partial charge in [-0.15, -0.1) is 11.3 Å². The van der Waals surface area contributed by atoms with E-state index in [-0.39, 0.29) is 0 Å². The maximum atomic E-state index is 5.81. The van der Waals surface area contributed by atoms with Crippen LogP contribution >= 0.6 is 24.0 Å². The van der Waals surface area contributed by atoms with Crippen LogP contribution in [0.25, 0.3) is 0 Å². The minimum Gasteiger partial charge on any atom is -0.493 e. The summed E-state index contributed by atoms with van der Waals surface area (Å²) >= 11 is 5.94. The number of thiazole rings is 1. The Balaban J connectivity index is 1.90. The molecule has 0 amide bonds. The fourth-order valence-corrected chi connectivity index (χ4v) is 2.70. The van der Waals surface area contributed by atoms with Crippen LogP contribution in [0.1, 0.15) is 21.0 Å². The van der Waals surface area contributed by atoms with Crippen LogP contribution in [0, 0.1) is 13.8 Å². The Hall–Kier alpha value is -1.000. The second kappa shape index (κ2) is 6.25. The van der Waals surface area contributed by atoms with Gasteiger partial charge in [-0.05, 0) is 31.0 Å². The minimum atomic E-state index is 0.670. The first kappa shape index (κ1) is 13.4. The minimum absolute atomic E-state index is 0.670. The van der Waals surface area contributed by atoms with Gasteiger partial charge in [0.05, 0.1) is 11.6 Å². The Bertz CT molecular complexity index is 522. The molecule has 0 spiro atoms. The van der Waals surface area contributed by atoms with E-state index in [0.717, 1.165) is 22.9 Å². The van der Waals surface area contributed by atoms with Crippen LogP contribution < -0.4 is 4.74 Å². The lowest BCUT2D eigenvalue weighted by Crippen LogP contribution is -2.02. The molecule has 0 saturated heterocycles. The SMILES string of the molecule is Cc1cccc(OCCc2ncc(CS)s2)c1C. The molecule has 4 heteroatoms. The van der Waals surface area contributed by atoms with Crippen molar-refractivity contribution in [3.05, 3.63) is 45.4 Å². The second-order valence-electron chi connectivity index (χ2n) is 4.17. The van der Waals surface area contributed by atoms with E-state index >= 15 is 0 Å². The maximum absolute atomic E-state index is 5.81. The quantitative estimate of drug-likeness (QED) is 0.841. The average molecular weight is 279 g/mol. The molecule has 18 heavy (non-hydrogen) atoms. The summed E-state index contributed by atoms with van der Waals surface area (Å²) in [6.45, 7) is 4.86. The molecule has 0 atom stereocenters. The lowest BCUT2D eigenvalue weighted by atomic mass is 10.1. The lowest BCUT2D eigenvalue weighted by Gasteiger charge is -2.09. The first-order chi connectivity index (χ1) is 8.70. The van der Waals surface area contributed by atoms with Gasteiger partial charge in [-0.2, -0.15) is 12.6 Å². The number of aromatic nitrogens is 1. The van der Waals surface area contributed by atoms with Gasteiger partial charge < -0.3 is 4.74 Å². The van der Waals surface area contributed by atoms with Gasteiger partial charge in [-0.3, -0.25) is 0 Å². The predicted molar refractivity (Wildman–Crippen MR) is 79.9 cm³/mol.